The molecular formula is C16H31N3. The Morgan fingerprint density at radius 3 is 2.74 bits per heavy atom. The molecule has 0 aromatic heterocycles. The van der Waals surface area contributed by atoms with Gasteiger partial charge in [0.25, 0.3) is 0 Å². The number of nitrogens with zero attached hydrogens (tertiary/aromatic N) is 2. The van der Waals surface area contributed by atoms with E-state index in [9.17, 15) is 0 Å². The Balaban J connectivity index is 1.41. The Kier molecular flexibility index (Phi) is 4.45. The fourth-order valence-electron chi connectivity index (χ4n) is 4.64. The lowest BCUT2D eigenvalue weighted by Gasteiger charge is -2.25. The Morgan fingerprint density at radius 1 is 1.16 bits per heavy atom. The molecule has 2 saturated heterocycles. The predicted octanol–water partition coefficient (Wildman–Crippen LogP) is 1.79. The molecule has 3 heteroatoms. The number of hydrogen-bond donors (Lipinski definition) is 1. The third kappa shape index (κ3) is 3.50. The monoisotopic (exact) mass is 265 g/mol. The van der Waals surface area contributed by atoms with Crippen LogP contribution in [0.2, 0.25) is 0 Å². The molecule has 0 bridgehead atoms. The van der Waals surface area contributed by atoms with Crippen LogP contribution < -0.4 is 5.32 Å². The lowest BCUT2D eigenvalue weighted by atomic mass is 9.85. The largest absolute Gasteiger partial charge is 0.310 e. The van der Waals surface area contributed by atoms with Crippen molar-refractivity contribution >= 4 is 0 Å². The van der Waals surface area contributed by atoms with Gasteiger partial charge in [0.15, 0.2) is 0 Å². The first-order chi connectivity index (χ1) is 9.20. The summed E-state index contributed by atoms with van der Waals surface area (Å²) in [5.74, 6) is 1.89. The second-order valence-corrected chi connectivity index (χ2v) is 7.39. The zero-order valence-corrected chi connectivity index (χ0v) is 12.8. The van der Waals surface area contributed by atoms with Crippen LogP contribution in [0.4, 0.5) is 0 Å². The Bertz CT molecular complexity index is 280. The summed E-state index contributed by atoms with van der Waals surface area (Å²) >= 11 is 0. The molecule has 110 valence electrons. The second kappa shape index (κ2) is 6.11. The first-order valence-electron chi connectivity index (χ1n) is 8.34. The number of likely N-dealkylation sites (tertiary alicyclic amines) is 1. The fraction of sp³-hybridized carbons (Fsp3) is 1.00. The Morgan fingerprint density at radius 2 is 2.00 bits per heavy atom. The van der Waals surface area contributed by atoms with Crippen LogP contribution in [0, 0.1) is 11.8 Å². The van der Waals surface area contributed by atoms with Crippen molar-refractivity contribution in [2.45, 2.75) is 50.6 Å². The van der Waals surface area contributed by atoms with E-state index in [1.54, 1.807) is 0 Å². The lowest BCUT2D eigenvalue weighted by molar-refractivity contribution is 0.251. The zero-order valence-electron chi connectivity index (χ0n) is 12.8. The SMILES string of the molecule is CN1CCC(CN(C)CC2CC3CCCCC3N2)C1. The van der Waals surface area contributed by atoms with Crippen LogP contribution >= 0.6 is 0 Å². The summed E-state index contributed by atoms with van der Waals surface area (Å²) in [6.07, 6.45) is 8.65. The van der Waals surface area contributed by atoms with Gasteiger partial charge in [0.05, 0.1) is 0 Å². The maximum absolute atomic E-state index is 3.91. The molecule has 1 saturated carbocycles. The predicted molar refractivity (Wildman–Crippen MR) is 80.4 cm³/mol. The summed E-state index contributed by atoms with van der Waals surface area (Å²) in [6.45, 7) is 5.14. The molecule has 0 aromatic carbocycles. The molecule has 0 radical (unpaired) electrons. The number of fused-ring (bicyclic) bond motifs is 1. The molecule has 3 nitrogen and oxygen atoms in total. The highest BCUT2D eigenvalue weighted by Gasteiger charge is 2.35. The minimum Gasteiger partial charge on any atom is -0.310 e. The normalized spacial score (nSPS) is 39.9. The maximum Gasteiger partial charge on any atom is 0.0200 e. The van der Waals surface area contributed by atoms with Crippen LogP contribution in [-0.4, -0.2) is 62.2 Å². The minimum atomic E-state index is 0.761. The van der Waals surface area contributed by atoms with Gasteiger partial charge in [-0.05, 0) is 58.2 Å². The van der Waals surface area contributed by atoms with Gasteiger partial charge in [-0.15, -0.1) is 0 Å². The smallest absolute Gasteiger partial charge is 0.0200 e. The first-order valence-corrected chi connectivity index (χ1v) is 8.34. The second-order valence-electron chi connectivity index (χ2n) is 7.39. The van der Waals surface area contributed by atoms with Gasteiger partial charge >= 0.3 is 0 Å². The van der Waals surface area contributed by atoms with Gasteiger partial charge in [-0.3, -0.25) is 0 Å². The summed E-state index contributed by atoms with van der Waals surface area (Å²) in [5.41, 5.74) is 0. The fourth-order valence-corrected chi connectivity index (χ4v) is 4.64. The van der Waals surface area contributed by atoms with E-state index in [0.717, 1.165) is 23.9 Å². The third-order valence-corrected chi connectivity index (χ3v) is 5.54. The minimum absolute atomic E-state index is 0.761. The molecule has 19 heavy (non-hydrogen) atoms. The summed E-state index contributed by atoms with van der Waals surface area (Å²) in [5, 5.41) is 3.91. The molecule has 4 atom stereocenters. The van der Waals surface area contributed by atoms with E-state index < -0.39 is 0 Å². The highest BCUT2D eigenvalue weighted by Crippen LogP contribution is 2.33. The van der Waals surface area contributed by atoms with E-state index in [0.29, 0.717) is 0 Å². The maximum atomic E-state index is 3.91. The van der Waals surface area contributed by atoms with Crippen molar-refractivity contribution in [1.29, 1.82) is 0 Å². The topological polar surface area (TPSA) is 18.5 Å². The van der Waals surface area contributed by atoms with Crippen molar-refractivity contribution in [3.8, 4) is 0 Å². The van der Waals surface area contributed by atoms with Crippen LogP contribution in [0.5, 0.6) is 0 Å². The number of hydrogen-bond acceptors (Lipinski definition) is 3. The Hall–Kier alpha value is -0.120. The molecule has 0 amide bonds. The molecular weight excluding hydrogens is 234 g/mol. The molecule has 3 fully saturated rings. The molecule has 3 rings (SSSR count). The lowest BCUT2D eigenvalue weighted by Crippen LogP contribution is -2.40. The Labute approximate surface area is 118 Å². The highest BCUT2D eigenvalue weighted by molar-refractivity contribution is 4.94. The molecule has 2 aliphatic heterocycles. The molecule has 0 aromatic rings. The van der Waals surface area contributed by atoms with Gasteiger partial charge in [-0.2, -0.15) is 0 Å². The van der Waals surface area contributed by atoms with Gasteiger partial charge in [0.2, 0.25) is 0 Å². The third-order valence-electron chi connectivity index (χ3n) is 5.54. The molecule has 1 N–H and O–H groups in total. The molecule has 2 heterocycles. The number of rotatable bonds is 4. The highest BCUT2D eigenvalue weighted by atomic mass is 15.2. The van der Waals surface area contributed by atoms with Crippen LogP contribution in [-0.2, 0) is 0 Å². The van der Waals surface area contributed by atoms with E-state index in [2.05, 4.69) is 29.2 Å². The van der Waals surface area contributed by atoms with Crippen molar-refractivity contribution in [2.75, 3.05) is 40.3 Å². The van der Waals surface area contributed by atoms with Crippen molar-refractivity contribution in [3.05, 3.63) is 0 Å². The van der Waals surface area contributed by atoms with E-state index in [1.165, 1.54) is 64.7 Å². The average molecular weight is 265 g/mol. The summed E-state index contributed by atoms with van der Waals surface area (Å²) < 4.78 is 0. The zero-order chi connectivity index (χ0) is 13.2. The van der Waals surface area contributed by atoms with Gasteiger partial charge < -0.3 is 15.1 Å². The number of nitrogens with one attached hydrogen (secondary N) is 1. The van der Waals surface area contributed by atoms with Crippen molar-refractivity contribution in [2.24, 2.45) is 11.8 Å². The molecule has 4 unspecified atom stereocenters. The number of likely N-dealkylation sites (N-methyl/N-ethyl adjacent to an activating group) is 1. The average Bonchev–Trinajstić information content (AvgIpc) is 2.94. The first kappa shape index (κ1) is 13.8. The van der Waals surface area contributed by atoms with Crippen LogP contribution in [0.15, 0.2) is 0 Å². The molecule has 1 aliphatic carbocycles. The molecule has 0 spiro atoms. The summed E-state index contributed by atoms with van der Waals surface area (Å²) in [4.78, 5) is 5.06. The summed E-state index contributed by atoms with van der Waals surface area (Å²) in [7, 11) is 4.57. The van der Waals surface area contributed by atoms with E-state index >= 15 is 0 Å². The van der Waals surface area contributed by atoms with Crippen molar-refractivity contribution < 1.29 is 0 Å². The van der Waals surface area contributed by atoms with Gasteiger partial charge in [-0.25, -0.2) is 0 Å². The van der Waals surface area contributed by atoms with E-state index in [1.807, 2.05) is 0 Å². The van der Waals surface area contributed by atoms with Crippen molar-refractivity contribution in [3.63, 3.8) is 0 Å². The van der Waals surface area contributed by atoms with Gasteiger partial charge in [0, 0.05) is 31.7 Å². The van der Waals surface area contributed by atoms with E-state index in [-0.39, 0.29) is 0 Å². The quantitative estimate of drug-likeness (QED) is 0.836. The summed E-state index contributed by atoms with van der Waals surface area (Å²) in [6, 6.07) is 1.61. The molecule has 3 aliphatic rings. The van der Waals surface area contributed by atoms with Crippen LogP contribution in [0.25, 0.3) is 0 Å². The van der Waals surface area contributed by atoms with Crippen LogP contribution in [0.3, 0.4) is 0 Å². The van der Waals surface area contributed by atoms with E-state index in [4.69, 9.17) is 0 Å². The van der Waals surface area contributed by atoms with Gasteiger partial charge in [-0.1, -0.05) is 12.8 Å². The standard InChI is InChI=1S/C16H31N3/c1-18-8-7-13(10-18)11-19(2)12-15-9-14-5-3-4-6-16(14)17-15/h13-17H,3-12H2,1-2H3. The van der Waals surface area contributed by atoms with Crippen LogP contribution in [0.1, 0.15) is 38.5 Å². The van der Waals surface area contributed by atoms with Gasteiger partial charge in [0.1, 0.15) is 0 Å². The van der Waals surface area contributed by atoms with Crippen molar-refractivity contribution in [1.82, 2.24) is 15.1 Å².